The highest BCUT2D eigenvalue weighted by molar-refractivity contribution is 5.43. The molecule has 0 aliphatic heterocycles. The third-order valence-electron chi connectivity index (χ3n) is 3.08. The van der Waals surface area contributed by atoms with Gasteiger partial charge >= 0.3 is 0 Å². The van der Waals surface area contributed by atoms with Gasteiger partial charge in [-0.05, 0) is 30.2 Å². The van der Waals surface area contributed by atoms with Gasteiger partial charge < -0.3 is 19.3 Å². The van der Waals surface area contributed by atoms with Gasteiger partial charge in [0.25, 0.3) is 0 Å². The molecule has 0 saturated heterocycles. The van der Waals surface area contributed by atoms with Crippen molar-refractivity contribution < 1.29 is 19.3 Å². The standard InChI is InChI=1S/C17H20O4/c1-13(18)15-8-9-16(17(10-15)19-2)21-12-20-11-14-6-4-3-5-7-14/h3-10,13,18H,11-12H2,1-2H3. The molecule has 0 saturated carbocycles. The van der Waals surface area contributed by atoms with Crippen LogP contribution in [0.2, 0.25) is 0 Å². The Morgan fingerprint density at radius 1 is 1.05 bits per heavy atom. The van der Waals surface area contributed by atoms with Crippen LogP contribution >= 0.6 is 0 Å². The molecule has 21 heavy (non-hydrogen) atoms. The van der Waals surface area contributed by atoms with Gasteiger partial charge in [0, 0.05) is 0 Å². The van der Waals surface area contributed by atoms with Crippen molar-refractivity contribution in [2.75, 3.05) is 13.9 Å². The molecule has 2 rings (SSSR count). The molecule has 0 heterocycles. The summed E-state index contributed by atoms with van der Waals surface area (Å²) in [6.07, 6.45) is -0.540. The molecule has 4 heteroatoms. The summed E-state index contributed by atoms with van der Waals surface area (Å²) in [5.74, 6) is 1.17. The van der Waals surface area contributed by atoms with Gasteiger partial charge in [0.05, 0.1) is 19.8 Å². The number of methoxy groups -OCH3 is 1. The van der Waals surface area contributed by atoms with Gasteiger partial charge in [-0.25, -0.2) is 0 Å². The van der Waals surface area contributed by atoms with E-state index < -0.39 is 6.10 Å². The Morgan fingerprint density at radius 3 is 2.48 bits per heavy atom. The first-order valence-electron chi connectivity index (χ1n) is 6.81. The summed E-state index contributed by atoms with van der Waals surface area (Å²) in [5, 5.41) is 9.55. The van der Waals surface area contributed by atoms with E-state index in [1.54, 1.807) is 32.2 Å². The largest absolute Gasteiger partial charge is 0.493 e. The van der Waals surface area contributed by atoms with E-state index in [1.165, 1.54) is 0 Å². The molecule has 0 fully saturated rings. The highest BCUT2D eigenvalue weighted by Gasteiger charge is 2.08. The van der Waals surface area contributed by atoms with Gasteiger partial charge in [-0.15, -0.1) is 0 Å². The van der Waals surface area contributed by atoms with Crippen LogP contribution < -0.4 is 9.47 Å². The summed E-state index contributed by atoms with van der Waals surface area (Å²) in [4.78, 5) is 0. The van der Waals surface area contributed by atoms with Gasteiger partial charge in [-0.3, -0.25) is 0 Å². The van der Waals surface area contributed by atoms with Crippen molar-refractivity contribution in [1.82, 2.24) is 0 Å². The monoisotopic (exact) mass is 288 g/mol. The zero-order valence-corrected chi connectivity index (χ0v) is 12.3. The number of rotatable bonds is 7. The van der Waals surface area contributed by atoms with E-state index in [1.807, 2.05) is 30.3 Å². The van der Waals surface area contributed by atoms with Crippen LogP contribution in [0.4, 0.5) is 0 Å². The molecule has 1 N–H and O–H groups in total. The molecule has 0 bridgehead atoms. The van der Waals surface area contributed by atoms with E-state index in [0.29, 0.717) is 18.1 Å². The van der Waals surface area contributed by atoms with Crippen molar-refractivity contribution >= 4 is 0 Å². The number of hydrogen-bond acceptors (Lipinski definition) is 4. The fourth-order valence-corrected chi connectivity index (χ4v) is 1.90. The normalized spacial score (nSPS) is 12.0. The van der Waals surface area contributed by atoms with Crippen LogP contribution in [-0.4, -0.2) is 19.0 Å². The summed E-state index contributed by atoms with van der Waals surface area (Å²) >= 11 is 0. The van der Waals surface area contributed by atoms with Crippen molar-refractivity contribution in [3.8, 4) is 11.5 Å². The Morgan fingerprint density at radius 2 is 1.81 bits per heavy atom. The predicted molar refractivity (Wildman–Crippen MR) is 80.4 cm³/mol. The highest BCUT2D eigenvalue weighted by atomic mass is 16.7. The van der Waals surface area contributed by atoms with Gasteiger partial charge in [0.1, 0.15) is 0 Å². The van der Waals surface area contributed by atoms with Crippen molar-refractivity contribution in [3.05, 3.63) is 59.7 Å². The molecule has 1 atom stereocenters. The molecule has 0 aliphatic rings. The summed E-state index contributed by atoms with van der Waals surface area (Å²) < 4.78 is 16.3. The number of benzene rings is 2. The van der Waals surface area contributed by atoms with Gasteiger partial charge in [-0.2, -0.15) is 0 Å². The van der Waals surface area contributed by atoms with E-state index in [9.17, 15) is 5.11 Å². The van der Waals surface area contributed by atoms with E-state index in [2.05, 4.69) is 0 Å². The number of aliphatic hydroxyl groups excluding tert-OH is 1. The van der Waals surface area contributed by atoms with Crippen LogP contribution in [0, 0.1) is 0 Å². The third-order valence-corrected chi connectivity index (χ3v) is 3.08. The van der Waals surface area contributed by atoms with E-state index >= 15 is 0 Å². The summed E-state index contributed by atoms with van der Waals surface area (Å²) in [6, 6.07) is 15.2. The van der Waals surface area contributed by atoms with Gasteiger partial charge in [-0.1, -0.05) is 36.4 Å². The summed E-state index contributed by atoms with van der Waals surface area (Å²) in [5.41, 5.74) is 1.88. The maximum atomic E-state index is 9.55. The lowest BCUT2D eigenvalue weighted by Gasteiger charge is -2.13. The molecule has 0 amide bonds. The van der Waals surface area contributed by atoms with Gasteiger partial charge in [0.2, 0.25) is 0 Å². The first-order valence-corrected chi connectivity index (χ1v) is 6.81. The lowest BCUT2D eigenvalue weighted by molar-refractivity contribution is 0.00372. The highest BCUT2D eigenvalue weighted by Crippen LogP contribution is 2.30. The minimum Gasteiger partial charge on any atom is -0.493 e. The molecule has 4 nitrogen and oxygen atoms in total. The average molecular weight is 288 g/mol. The molecule has 2 aromatic carbocycles. The maximum Gasteiger partial charge on any atom is 0.189 e. The summed E-state index contributed by atoms with van der Waals surface area (Å²) in [7, 11) is 1.57. The minimum atomic E-state index is -0.540. The SMILES string of the molecule is COc1cc(C(C)O)ccc1OCOCc1ccccc1. The first kappa shape index (κ1) is 15.4. The van der Waals surface area contributed by atoms with Crippen molar-refractivity contribution in [1.29, 1.82) is 0 Å². The fourth-order valence-electron chi connectivity index (χ4n) is 1.90. The second-order valence-electron chi connectivity index (χ2n) is 4.68. The molecule has 0 radical (unpaired) electrons. The van der Waals surface area contributed by atoms with Crippen LogP contribution in [0.5, 0.6) is 11.5 Å². The Labute approximate surface area is 124 Å². The topological polar surface area (TPSA) is 47.9 Å². The molecule has 1 unspecified atom stereocenters. The molecular formula is C17H20O4. The lowest BCUT2D eigenvalue weighted by Crippen LogP contribution is -2.04. The Bertz CT molecular complexity index is 552. The molecule has 0 aliphatic carbocycles. The zero-order chi connectivity index (χ0) is 15.1. The minimum absolute atomic E-state index is 0.138. The van der Waals surface area contributed by atoms with Crippen molar-refractivity contribution in [2.45, 2.75) is 19.6 Å². The fraction of sp³-hybridized carbons (Fsp3) is 0.294. The number of ether oxygens (including phenoxy) is 3. The second kappa shape index (κ2) is 7.67. The smallest absolute Gasteiger partial charge is 0.189 e. The molecule has 2 aromatic rings. The number of aliphatic hydroxyl groups is 1. The first-order chi connectivity index (χ1) is 10.2. The maximum absolute atomic E-state index is 9.55. The van der Waals surface area contributed by atoms with Crippen molar-refractivity contribution in [3.63, 3.8) is 0 Å². The van der Waals surface area contributed by atoms with Gasteiger partial charge in [0.15, 0.2) is 18.3 Å². The van der Waals surface area contributed by atoms with Crippen molar-refractivity contribution in [2.24, 2.45) is 0 Å². The predicted octanol–water partition coefficient (Wildman–Crippen LogP) is 3.30. The van der Waals surface area contributed by atoms with E-state index in [0.717, 1.165) is 11.1 Å². The van der Waals surface area contributed by atoms with Crippen LogP contribution in [0.15, 0.2) is 48.5 Å². The molecule has 0 spiro atoms. The molecular weight excluding hydrogens is 268 g/mol. The Hall–Kier alpha value is -2.04. The third kappa shape index (κ3) is 4.48. The molecule has 112 valence electrons. The van der Waals surface area contributed by atoms with E-state index in [4.69, 9.17) is 14.2 Å². The summed E-state index contributed by atoms with van der Waals surface area (Å²) in [6.45, 7) is 2.34. The van der Waals surface area contributed by atoms with Crippen LogP contribution in [-0.2, 0) is 11.3 Å². The Kier molecular flexibility index (Phi) is 5.60. The average Bonchev–Trinajstić information content (AvgIpc) is 2.52. The zero-order valence-electron chi connectivity index (χ0n) is 12.3. The quantitative estimate of drug-likeness (QED) is 0.627. The molecule has 0 aromatic heterocycles. The second-order valence-corrected chi connectivity index (χ2v) is 4.68. The number of hydrogen-bond donors (Lipinski definition) is 1. The van der Waals surface area contributed by atoms with Crippen LogP contribution in [0.3, 0.4) is 0 Å². The van der Waals surface area contributed by atoms with Crippen LogP contribution in [0.1, 0.15) is 24.2 Å². The van der Waals surface area contributed by atoms with E-state index in [-0.39, 0.29) is 6.79 Å². The lowest BCUT2D eigenvalue weighted by atomic mass is 10.1. The Balaban J connectivity index is 1.88. The van der Waals surface area contributed by atoms with Crippen LogP contribution in [0.25, 0.3) is 0 Å².